The number of aliphatic hydroxyl groups excluding tert-OH is 1. The summed E-state index contributed by atoms with van der Waals surface area (Å²) in [7, 11) is -1.64. The lowest BCUT2D eigenvalue weighted by molar-refractivity contribution is 0.260. The van der Waals surface area contributed by atoms with Gasteiger partial charge in [-0.15, -0.1) is 11.8 Å². The molecule has 20 heavy (non-hydrogen) atoms. The summed E-state index contributed by atoms with van der Waals surface area (Å²) >= 11 is 0. The molecular weight excluding hydrogens is 264 g/mol. The fourth-order valence-corrected chi connectivity index (χ4v) is 4.29. The standard InChI is InChI=1S/C17H34O2Si/c1-16(2)17(3,4)20(5,6)19-15-13-11-9-7-8-10-12-14-18/h16,18H,9-15H2,1-6H3. The van der Waals surface area contributed by atoms with Crippen LogP contribution in [0.3, 0.4) is 0 Å². The third-order valence-electron chi connectivity index (χ3n) is 4.74. The molecule has 0 fully saturated rings. The molecule has 0 saturated heterocycles. The van der Waals surface area contributed by atoms with Gasteiger partial charge in [0.2, 0.25) is 0 Å². The second-order valence-electron chi connectivity index (χ2n) is 6.87. The van der Waals surface area contributed by atoms with Gasteiger partial charge in [0.25, 0.3) is 0 Å². The predicted molar refractivity (Wildman–Crippen MR) is 90.3 cm³/mol. The van der Waals surface area contributed by atoms with Gasteiger partial charge in [0, 0.05) is 26.1 Å². The maximum atomic E-state index is 8.64. The highest BCUT2D eigenvalue weighted by molar-refractivity contribution is 6.74. The maximum absolute atomic E-state index is 8.64. The summed E-state index contributed by atoms with van der Waals surface area (Å²) in [6.45, 7) is 15.1. The first-order valence-electron chi connectivity index (χ1n) is 7.96. The summed E-state index contributed by atoms with van der Waals surface area (Å²) in [5.74, 6) is 6.91. The highest BCUT2D eigenvalue weighted by atomic mass is 28.4. The zero-order valence-corrected chi connectivity index (χ0v) is 15.4. The molecule has 0 radical (unpaired) electrons. The first-order valence-corrected chi connectivity index (χ1v) is 10.9. The van der Waals surface area contributed by atoms with Crippen molar-refractivity contribution in [1.29, 1.82) is 0 Å². The molecule has 0 aromatic carbocycles. The van der Waals surface area contributed by atoms with Gasteiger partial charge in [-0.2, -0.15) is 0 Å². The monoisotopic (exact) mass is 298 g/mol. The van der Waals surface area contributed by atoms with Gasteiger partial charge in [-0.05, 0) is 43.3 Å². The van der Waals surface area contributed by atoms with Crippen LogP contribution in [0.1, 0.15) is 59.8 Å². The van der Waals surface area contributed by atoms with E-state index in [9.17, 15) is 0 Å². The minimum absolute atomic E-state index is 0.244. The number of hydrogen-bond donors (Lipinski definition) is 1. The molecule has 0 unspecified atom stereocenters. The molecule has 118 valence electrons. The Hall–Kier alpha value is -0.303. The van der Waals surface area contributed by atoms with Crippen LogP contribution in [0, 0.1) is 17.8 Å². The van der Waals surface area contributed by atoms with Crippen LogP contribution in [-0.4, -0.2) is 26.6 Å². The lowest BCUT2D eigenvalue weighted by Crippen LogP contribution is -2.45. The van der Waals surface area contributed by atoms with Crippen LogP contribution in [0.25, 0.3) is 0 Å². The van der Waals surface area contributed by atoms with Crippen LogP contribution in [0.4, 0.5) is 0 Å². The smallest absolute Gasteiger partial charge is 0.192 e. The zero-order chi connectivity index (χ0) is 15.6. The largest absolute Gasteiger partial charge is 0.417 e. The number of rotatable bonds is 9. The van der Waals surface area contributed by atoms with E-state index in [1.165, 1.54) is 0 Å². The van der Waals surface area contributed by atoms with Crippen molar-refractivity contribution in [3.63, 3.8) is 0 Å². The van der Waals surface area contributed by atoms with E-state index >= 15 is 0 Å². The lowest BCUT2D eigenvalue weighted by Gasteiger charge is -2.42. The molecule has 0 aromatic rings. The summed E-state index contributed by atoms with van der Waals surface area (Å²) in [5.41, 5.74) is 0. The molecule has 0 heterocycles. The molecule has 2 nitrogen and oxygen atoms in total. The Balaban J connectivity index is 3.86. The van der Waals surface area contributed by atoms with Gasteiger partial charge in [0.1, 0.15) is 0 Å². The minimum Gasteiger partial charge on any atom is -0.417 e. The van der Waals surface area contributed by atoms with Crippen LogP contribution < -0.4 is 0 Å². The summed E-state index contributed by atoms with van der Waals surface area (Å²) in [6, 6.07) is 0. The highest BCUT2D eigenvalue weighted by Gasteiger charge is 2.42. The molecule has 3 heteroatoms. The van der Waals surface area contributed by atoms with Crippen LogP contribution in [0.2, 0.25) is 18.1 Å². The van der Waals surface area contributed by atoms with Crippen molar-refractivity contribution in [2.45, 2.75) is 77.9 Å². The summed E-state index contributed by atoms with van der Waals surface area (Å²) < 4.78 is 6.26. The summed E-state index contributed by atoms with van der Waals surface area (Å²) in [4.78, 5) is 0. The first-order chi connectivity index (χ1) is 9.25. The van der Waals surface area contributed by atoms with E-state index in [0.717, 1.165) is 38.7 Å². The fraction of sp³-hybridized carbons (Fsp3) is 0.882. The predicted octanol–water partition coefficient (Wildman–Crippen LogP) is 4.59. The number of unbranched alkanes of at least 4 members (excludes halogenated alkanes) is 3. The first kappa shape index (κ1) is 19.7. The van der Waals surface area contributed by atoms with Crippen LogP contribution in [-0.2, 0) is 4.43 Å². The van der Waals surface area contributed by atoms with Gasteiger partial charge in [-0.1, -0.05) is 27.7 Å². The minimum atomic E-state index is -1.64. The molecule has 0 rings (SSSR count). The van der Waals surface area contributed by atoms with Crippen LogP contribution >= 0.6 is 0 Å². The third-order valence-corrected chi connectivity index (χ3v) is 9.35. The molecule has 0 amide bonds. The van der Waals surface area contributed by atoms with Crippen LogP contribution in [0.5, 0.6) is 0 Å². The zero-order valence-electron chi connectivity index (χ0n) is 14.4. The van der Waals surface area contributed by atoms with E-state index in [1.54, 1.807) is 0 Å². The Bertz CT molecular complexity index is 311. The van der Waals surface area contributed by atoms with Gasteiger partial charge in [0.15, 0.2) is 8.32 Å². The SMILES string of the molecule is CC(C)C(C)(C)[Si](C)(C)OCCCCC#CCCCO. The van der Waals surface area contributed by atoms with Gasteiger partial charge in [-0.25, -0.2) is 0 Å². The van der Waals surface area contributed by atoms with Crippen molar-refractivity contribution in [2.24, 2.45) is 5.92 Å². The molecule has 0 spiro atoms. The van der Waals surface area contributed by atoms with E-state index in [1.807, 2.05) is 0 Å². The Morgan fingerprint density at radius 2 is 1.60 bits per heavy atom. The van der Waals surface area contributed by atoms with E-state index in [4.69, 9.17) is 9.53 Å². The number of hydrogen-bond acceptors (Lipinski definition) is 2. The van der Waals surface area contributed by atoms with Crippen molar-refractivity contribution >= 4 is 8.32 Å². The van der Waals surface area contributed by atoms with Gasteiger partial charge in [-0.3, -0.25) is 0 Å². The van der Waals surface area contributed by atoms with E-state index in [2.05, 4.69) is 52.6 Å². The molecule has 0 aliphatic rings. The Morgan fingerprint density at radius 1 is 1.05 bits per heavy atom. The Labute approximate surface area is 127 Å². The topological polar surface area (TPSA) is 29.5 Å². The van der Waals surface area contributed by atoms with E-state index in [-0.39, 0.29) is 6.61 Å². The maximum Gasteiger partial charge on any atom is 0.192 e. The molecule has 0 aliphatic heterocycles. The molecule has 0 saturated carbocycles. The van der Waals surface area contributed by atoms with Crippen molar-refractivity contribution in [3.8, 4) is 11.8 Å². The number of aliphatic hydroxyl groups is 1. The van der Waals surface area contributed by atoms with Gasteiger partial charge >= 0.3 is 0 Å². The average Bonchev–Trinajstić information content (AvgIpc) is 2.36. The fourth-order valence-electron chi connectivity index (χ4n) is 1.87. The summed E-state index contributed by atoms with van der Waals surface area (Å²) in [5, 5.41) is 8.94. The molecule has 0 aliphatic carbocycles. The van der Waals surface area contributed by atoms with E-state index in [0.29, 0.717) is 11.0 Å². The Morgan fingerprint density at radius 3 is 2.10 bits per heavy atom. The van der Waals surface area contributed by atoms with Gasteiger partial charge < -0.3 is 9.53 Å². The second kappa shape index (κ2) is 9.60. The molecular formula is C17H34O2Si. The lowest BCUT2D eigenvalue weighted by atomic mass is 9.99. The molecule has 0 bridgehead atoms. The highest BCUT2D eigenvalue weighted by Crippen LogP contribution is 2.44. The quantitative estimate of drug-likeness (QED) is 0.383. The van der Waals surface area contributed by atoms with Crippen molar-refractivity contribution in [3.05, 3.63) is 0 Å². The van der Waals surface area contributed by atoms with Gasteiger partial charge in [0.05, 0.1) is 0 Å². The molecule has 0 aromatic heterocycles. The molecule has 1 N–H and O–H groups in total. The van der Waals surface area contributed by atoms with Crippen LogP contribution in [0.15, 0.2) is 0 Å². The average molecular weight is 299 g/mol. The molecule has 0 atom stereocenters. The normalized spacial score (nSPS) is 12.4. The van der Waals surface area contributed by atoms with Crippen molar-refractivity contribution < 1.29 is 9.53 Å². The third kappa shape index (κ3) is 6.92. The van der Waals surface area contributed by atoms with Crippen molar-refractivity contribution in [1.82, 2.24) is 0 Å². The van der Waals surface area contributed by atoms with E-state index < -0.39 is 8.32 Å². The summed E-state index contributed by atoms with van der Waals surface area (Å²) in [6.07, 6.45) is 4.76. The van der Waals surface area contributed by atoms with Crippen molar-refractivity contribution in [2.75, 3.05) is 13.2 Å². The Kier molecular flexibility index (Phi) is 9.45. The second-order valence-corrected chi connectivity index (χ2v) is 11.5.